The maximum atomic E-state index is 12.7. The zero-order chi connectivity index (χ0) is 17.1. The molecule has 24 heavy (non-hydrogen) atoms. The van der Waals surface area contributed by atoms with Gasteiger partial charge in [0, 0.05) is 21.4 Å². The smallest absolute Gasteiger partial charge is 0.254 e. The lowest BCUT2D eigenvalue weighted by Gasteiger charge is -2.24. The van der Waals surface area contributed by atoms with Gasteiger partial charge in [-0.25, -0.2) is 0 Å². The SMILES string of the molecule is Cc1ccc(NC(=O)C2CCCN2C(=O)c2ccccc2)cc1I. The van der Waals surface area contributed by atoms with Gasteiger partial charge in [0.25, 0.3) is 5.91 Å². The summed E-state index contributed by atoms with van der Waals surface area (Å²) < 4.78 is 1.11. The molecule has 4 nitrogen and oxygen atoms in total. The molecule has 1 heterocycles. The third-order valence-electron chi connectivity index (χ3n) is 4.28. The van der Waals surface area contributed by atoms with Crippen molar-refractivity contribution in [1.82, 2.24) is 4.90 Å². The molecule has 0 spiro atoms. The molecule has 5 heteroatoms. The lowest BCUT2D eigenvalue weighted by atomic mass is 10.1. The van der Waals surface area contributed by atoms with Crippen LogP contribution >= 0.6 is 22.6 Å². The second-order valence-electron chi connectivity index (χ2n) is 5.98. The second kappa shape index (κ2) is 7.34. The highest BCUT2D eigenvalue weighted by molar-refractivity contribution is 14.1. The molecular formula is C19H19IN2O2. The molecule has 2 aromatic carbocycles. The zero-order valence-electron chi connectivity index (χ0n) is 13.5. The maximum absolute atomic E-state index is 12.7. The number of hydrogen-bond acceptors (Lipinski definition) is 2. The van der Waals surface area contributed by atoms with E-state index in [2.05, 4.69) is 27.9 Å². The molecule has 1 aliphatic rings. The summed E-state index contributed by atoms with van der Waals surface area (Å²) in [5.74, 6) is -0.192. The van der Waals surface area contributed by atoms with Crippen molar-refractivity contribution in [3.63, 3.8) is 0 Å². The lowest BCUT2D eigenvalue weighted by molar-refractivity contribution is -0.119. The van der Waals surface area contributed by atoms with Gasteiger partial charge in [-0.2, -0.15) is 0 Å². The zero-order valence-corrected chi connectivity index (χ0v) is 15.6. The highest BCUT2D eigenvalue weighted by Crippen LogP contribution is 2.23. The summed E-state index contributed by atoms with van der Waals surface area (Å²) in [4.78, 5) is 27.0. The van der Waals surface area contributed by atoms with Gasteiger partial charge >= 0.3 is 0 Å². The number of amides is 2. The van der Waals surface area contributed by atoms with Gasteiger partial charge in [-0.15, -0.1) is 0 Å². The van der Waals surface area contributed by atoms with Crippen molar-refractivity contribution in [1.29, 1.82) is 0 Å². The molecule has 1 N–H and O–H groups in total. The molecule has 1 fully saturated rings. The first kappa shape index (κ1) is 17.0. The number of carbonyl (C=O) groups is 2. The molecule has 0 radical (unpaired) electrons. The van der Waals surface area contributed by atoms with Crippen molar-refractivity contribution < 1.29 is 9.59 Å². The molecule has 2 amide bonds. The number of benzene rings is 2. The van der Waals surface area contributed by atoms with E-state index in [1.165, 1.54) is 5.56 Å². The average Bonchev–Trinajstić information content (AvgIpc) is 3.08. The van der Waals surface area contributed by atoms with Gasteiger partial charge in [0.2, 0.25) is 5.91 Å². The van der Waals surface area contributed by atoms with Crippen LogP contribution in [0.1, 0.15) is 28.8 Å². The summed E-state index contributed by atoms with van der Waals surface area (Å²) in [6, 6.07) is 14.6. The Morgan fingerprint density at radius 1 is 1.17 bits per heavy atom. The number of anilines is 1. The first-order chi connectivity index (χ1) is 11.6. The molecule has 0 aliphatic carbocycles. The Balaban J connectivity index is 1.74. The van der Waals surface area contributed by atoms with Crippen LogP contribution in [-0.2, 0) is 4.79 Å². The van der Waals surface area contributed by atoms with E-state index in [-0.39, 0.29) is 11.8 Å². The molecule has 1 unspecified atom stereocenters. The first-order valence-corrected chi connectivity index (χ1v) is 9.07. The number of carbonyl (C=O) groups excluding carboxylic acids is 2. The Morgan fingerprint density at radius 3 is 2.62 bits per heavy atom. The summed E-state index contributed by atoms with van der Waals surface area (Å²) in [5.41, 5.74) is 2.58. The lowest BCUT2D eigenvalue weighted by Crippen LogP contribution is -2.43. The van der Waals surface area contributed by atoms with Gasteiger partial charge < -0.3 is 10.2 Å². The number of likely N-dealkylation sites (tertiary alicyclic amines) is 1. The normalized spacial score (nSPS) is 16.9. The fraction of sp³-hybridized carbons (Fsp3) is 0.263. The molecule has 0 aromatic heterocycles. The van der Waals surface area contributed by atoms with Crippen LogP contribution in [0, 0.1) is 10.5 Å². The minimum absolute atomic E-state index is 0.0771. The van der Waals surface area contributed by atoms with Crippen LogP contribution in [0.15, 0.2) is 48.5 Å². The minimum atomic E-state index is -0.406. The number of hydrogen-bond donors (Lipinski definition) is 1. The van der Waals surface area contributed by atoms with E-state index in [1.54, 1.807) is 17.0 Å². The predicted octanol–water partition coefficient (Wildman–Crippen LogP) is 3.84. The molecule has 2 aromatic rings. The molecule has 1 aliphatic heterocycles. The van der Waals surface area contributed by atoms with Crippen LogP contribution in [0.4, 0.5) is 5.69 Å². The fourth-order valence-corrected chi connectivity index (χ4v) is 3.44. The Hall–Kier alpha value is -1.89. The van der Waals surface area contributed by atoms with Crippen molar-refractivity contribution in [2.24, 2.45) is 0 Å². The van der Waals surface area contributed by atoms with Crippen molar-refractivity contribution in [3.05, 3.63) is 63.2 Å². The average molecular weight is 434 g/mol. The summed E-state index contributed by atoms with van der Waals surface area (Å²) in [7, 11) is 0. The summed E-state index contributed by atoms with van der Waals surface area (Å²) in [6.07, 6.45) is 1.55. The first-order valence-electron chi connectivity index (χ1n) is 7.99. The molecule has 0 saturated carbocycles. The summed E-state index contributed by atoms with van der Waals surface area (Å²) >= 11 is 2.25. The van der Waals surface area contributed by atoms with E-state index >= 15 is 0 Å². The fourth-order valence-electron chi connectivity index (χ4n) is 2.93. The number of nitrogens with one attached hydrogen (secondary N) is 1. The molecule has 3 rings (SSSR count). The van der Waals surface area contributed by atoms with Crippen molar-refractivity contribution >= 4 is 40.1 Å². The molecule has 0 bridgehead atoms. The highest BCUT2D eigenvalue weighted by atomic mass is 127. The second-order valence-corrected chi connectivity index (χ2v) is 7.14. The third-order valence-corrected chi connectivity index (χ3v) is 5.44. The maximum Gasteiger partial charge on any atom is 0.254 e. The van der Waals surface area contributed by atoms with E-state index in [4.69, 9.17) is 0 Å². The van der Waals surface area contributed by atoms with E-state index in [9.17, 15) is 9.59 Å². The van der Waals surface area contributed by atoms with Crippen LogP contribution in [-0.4, -0.2) is 29.3 Å². The third kappa shape index (κ3) is 3.61. The quantitative estimate of drug-likeness (QED) is 0.747. The Morgan fingerprint density at radius 2 is 1.92 bits per heavy atom. The van der Waals surface area contributed by atoms with Gasteiger partial charge in [-0.05, 0) is 72.2 Å². The molecular weight excluding hydrogens is 415 g/mol. The van der Waals surface area contributed by atoms with Crippen LogP contribution < -0.4 is 5.32 Å². The standard InChI is InChI=1S/C19H19IN2O2/c1-13-9-10-15(12-16(13)20)21-18(23)17-8-5-11-22(17)19(24)14-6-3-2-4-7-14/h2-4,6-7,9-10,12,17H,5,8,11H2,1H3,(H,21,23). The number of rotatable bonds is 3. The number of aryl methyl sites for hydroxylation is 1. The number of nitrogens with zero attached hydrogens (tertiary/aromatic N) is 1. The summed E-state index contributed by atoms with van der Waals surface area (Å²) in [5, 5.41) is 2.95. The topological polar surface area (TPSA) is 49.4 Å². The largest absolute Gasteiger partial charge is 0.327 e. The predicted molar refractivity (Wildman–Crippen MR) is 103 cm³/mol. The van der Waals surface area contributed by atoms with Crippen LogP contribution in [0.5, 0.6) is 0 Å². The molecule has 124 valence electrons. The van der Waals surface area contributed by atoms with Gasteiger partial charge in [0.15, 0.2) is 0 Å². The van der Waals surface area contributed by atoms with E-state index < -0.39 is 6.04 Å². The van der Waals surface area contributed by atoms with Crippen LogP contribution in [0.2, 0.25) is 0 Å². The monoisotopic (exact) mass is 434 g/mol. The van der Waals surface area contributed by atoms with Gasteiger partial charge in [0.05, 0.1) is 0 Å². The van der Waals surface area contributed by atoms with Crippen LogP contribution in [0.3, 0.4) is 0 Å². The minimum Gasteiger partial charge on any atom is -0.327 e. The van der Waals surface area contributed by atoms with Crippen molar-refractivity contribution in [3.8, 4) is 0 Å². The van der Waals surface area contributed by atoms with Gasteiger partial charge in [0.1, 0.15) is 6.04 Å². The van der Waals surface area contributed by atoms with E-state index in [0.717, 1.165) is 15.7 Å². The Labute approximate surface area is 155 Å². The highest BCUT2D eigenvalue weighted by Gasteiger charge is 2.34. The van der Waals surface area contributed by atoms with E-state index in [1.807, 2.05) is 43.3 Å². The molecule has 1 atom stereocenters. The van der Waals surface area contributed by atoms with Crippen molar-refractivity contribution in [2.75, 3.05) is 11.9 Å². The van der Waals surface area contributed by atoms with Gasteiger partial charge in [-0.1, -0.05) is 24.3 Å². The Bertz CT molecular complexity index is 761. The molecule has 1 saturated heterocycles. The van der Waals surface area contributed by atoms with Gasteiger partial charge in [-0.3, -0.25) is 9.59 Å². The Kier molecular flexibility index (Phi) is 5.18. The van der Waals surface area contributed by atoms with E-state index in [0.29, 0.717) is 18.5 Å². The van der Waals surface area contributed by atoms with Crippen LogP contribution in [0.25, 0.3) is 0 Å². The number of halogens is 1. The summed E-state index contributed by atoms with van der Waals surface area (Å²) in [6.45, 7) is 2.65. The van der Waals surface area contributed by atoms with Crippen molar-refractivity contribution in [2.45, 2.75) is 25.8 Å².